The average molecular weight is 379 g/mol. The zero-order chi connectivity index (χ0) is 18.7. The number of imidazole rings is 1. The normalized spacial score (nSPS) is 13.8. The molecule has 3 N–H and O–H groups in total. The van der Waals surface area contributed by atoms with Crippen molar-refractivity contribution in [3.63, 3.8) is 0 Å². The lowest BCUT2D eigenvalue weighted by atomic mass is 10.2. The lowest BCUT2D eigenvalue weighted by Gasteiger charge is -2.15. The molecule has 1 aromatic carbocycles. The maximum absolute atomic E-state index is 13.3. The fourth-order valence-corrected chi connectivity index (χ4v) is 3.50. The quantitative estimate of drug-likeness (QED) is 0.636. The number of anilines is 1. The third kappa shape index (κ3) is 3.97. The van der Waals surface area contributed by atoms with Gasteiger partial charge in [-0.05, 0) is 19.1 Å². The molecule has 0 amide bonds. The summed E-state index contributed by atoms with van der Waals surface area (Å²) in [5.74, 6) is -0.0331. The smallest absolute Gasteiger partial charge is 0.280 e. The summed E-state index contributed by atoms with van der Waals surface area (Å²) in [7, 11) is -1.38. The molecule has 0 saturated heterocycles. The number of aromatic amines is 1. The van der Waals surface area contributed by atoms with Crippen LogP contribution in [0.2, 0.25) is 0 Å². The number of ether oxygens (including phenoxy) is 1. The molecule has 3 rings (SSSR count). The largest absolute Gasteiger partial charge is 0.369 e. The Bertz CT molecular complexity index is 986. The summed E-state index contributed by atoms with van der Waals surface area (Å²) in [4.78, 5) is 22.7. The van der Waals surface area contributed by atoms with E-state index in [1.807, 2.05) is 19.1 Å². The number of halogens is 1. The van der Waals surface area contributed by atoms with Crippen molar-refractivity contribution in [2.45, 2.75) is 24.7 Å². The molecule has 0 spiro atoms. The van der Waals surface area contributed by atoms with Gasteiger partial charge in [0, 0.05) is 4.90 Å². The van der Waals surface area contributed by atoms with Gasteiger partial charge in [0.15, 0.2) is 11.2 Å². The van der Waals surface area contributed by atoms with E-state index in [-0.39, 0.29) is 29.6 Å². The molecule has 10 heteroatoms. The van der Waals surface area contributed by atoms with E-state index in [0.717, 1.165) is 5.56 Å². The topological polar surface area (TPSA) is 116 Å². The van der Waals surface area contributed by atoms with Gasteiger partial charge in [0.25, 0.3) is 5.56 Å². The number of aryl methyl sites for hydroxylation is 1. The minimum Gasteiger partial charge on any atom is -0.369 e. The lowest BCUT2D eigenvalue weighted by molar-refractivity contribution is 0.00865. The molecule has 0 saturated carbocycles. The fraction of sp³-hybridized carbons (Fsp3) is 0.312. The number of nitrogens with one attached hydrogen (secondary N) is 1. The first kappa shape index (κ1) is 18.2. The van der Waals surface area contributed by atoms with E-state index >= 15 is 0 Å². The van der Waals surface area contributed by atoms with Crippen molar-refractivity contribution in [1.82, 2.24) is 19.5 Å². The molecular formula is C16H18FN5O3S. The summed E-state index contributed by atoms with van der Waals surface area (Å²) >= 11 is 0. The summed E-state index contributed by atoms with van der Waals surface area (Å²) in [5, 5.41) is 0. The van der Waals surface area contributed by atoms with E-state index in [0.29, 0.717) is 4.90 Å². The van der Waals surface area contributed by atoms with E-state index in [1.165, 1.54) is 10.9 Å². The second-order valence-electron chi connectivity index (χ2n) is 5.74. The lowest BCUT2D eigenvalue weighted by Crippen LogP contribution is -2.24. The van der Waals surface area contributed by atoms with Crippen LogP contribution in [0.3, 0.4) is 0 Å². The van der Waals surface area contributed by atoms with Crippen molar-refractivity contribution in [1.29, 1.82) is 0 Å². The van der Waals surface area contributed by atoms with Gasteiger partial charge in [0.2, 0.25) is 5.95 Å². The zero-order valence-corrected chi connectivity index (χ0v) is 14.8. The van der Waals surface area contributed by atoms with Crippen molar-refractivity contribution in [3.8, 4) is 0 Å². The number of nitrogens with zero attached hydrogens (tertiary/aromatic N) is 3. The van der Waals surface area contributed by atoms with Crippen LogP contribution < -0.4 is 11.3 Å². The number of nitrogen functional groups attached to an aromatic ring is 1. The molecular weight excluding hydrogens is 361 g/mol. The van der Waals surface area contributed by atoms with E-state index in [9.17, 15) is 13.4 Å². The van der Waals surface area contributed by atoms with Crippen LogP contribution in [0, 0.1) is 6.92 Å². The third-order valence-electron chi connectivity index (χ3n) is 3.74. The monoisotopic (exact) mass is 379 g/mol. The zero-order valence-electron chi connectivity index (χ0n) is 14.0. The molecule has 0 bridgehead atoms. The molecule has 0 radical (unpaired) electrons. The predicted octanol–water partition coefficient (Wildman–Crippen LogP) is 1.13. The highest BCUT2D eigenvalue weighted by molar-refractivity contribution is 7.85. The second kappa shape index (κ2) is 7.75. The highest BCUT2D eigenvalue weighted by Gasteiger charge is 2.16. The SMILES string of the molecule is Cc1ccc(S(=O)CC(CF)OCn2cnc3c(=O)[nH]c(N)nc32)cc1. The van der Waals surface area contributed by atoms with Gasteiger partial charge in [-0.3, -0.25) is 18.6 Å². The molecule has 0 aliphatic heterocycles. The molecule has 2 aromatic heterocycles. The first-order chi connectivity index (χ1) is 12.5. The number of fused-ring (bicyclic) bond motifs is 1. The Morgan fingerprint density at radius 3 is 2.81 bits per heavy atom. The van der Waals surface area contributed by atoms with Gasteiger partial charge < -0.3 is 10.5 Å². The highest BCUT2D eigenvalue weighted by Crippen LogP contribution is 2.12. The van der Waals surface area contributed by atoms with Gasteiger partial charge >= 0.3 is 0 Å². The van der Waals surface area contributed by atoms with Crippen LogP contribution in [0.4, 0.5) is 10.3 Å². The minimum atomic E-state index is -1.38. The molecule has 3 aromatic rings. The Kier molecular flexibility index (Phi) is 5.43. The van der Waals surface area contributed by atoms with Crippen molar-refractivity contribution < 1.29 is 13.3 Å². The number of aromatic nitrogens is 4. The molecule has 138 valence electrons. The standard InChI is InChI=1S/C16H18FN5O3S/c1-10-2-4-12(5-3-10)26(24)7-11(6-17)25-9-22-8-19-13-14(22)20-16(18)21-15(13)23/h2-5,8,11H,6-7,9H2,1H3,(H3,18,20,21,23). The third-order valence-corrected chi connectivity index (χ3v) is 5.21. The molecule has 0 aliphatic carbocycles. The number of H-pyrrole nitrogens is 1. The summed E-state index contributed by atoms with van der Waals surface area (Å²) < 4.78 is 32.6. The Labute approximate surface area is 150 Å². The van der Waals surface area contributed by atoms with Crippen LogP contribution in [0.1, 0.15) is 5.56 Å². The minimum absolute atomic E-state index is 0.0162. The summed E-state index contributed by atoms with van der Waals surface area (Å²) in [6, 6.07) is 7.21. The molecule has 0 fully saturated rings. The Morgan fingerprint density at radius 2 is 2.12 bits per heavy atom. The first-order valence-corrected chi connectivity index (χ1v) is 9.13. The van der Waals surface area contributed by atoms with Crippen molar-refractivity contribution in [3.05, 3.63) is 46.5 Å². The van der Waals surface area contributed by atoms with Crippen LogP contribution in [0.15, 0.2) is 40.3 Å². The molecule has 26 heavy (non-hydrogen) atoms. The Morgan fingerprint density at radius 1 is 1.38 bits per heavy atom. The van der Waals surface area contributed by atoms with Crippen LogP contribution in [-0.2, 0) is 22.3 Å². The van der Waals surface area contributed by atoms with Crippen LogP contribution >= 0.6 is 0 Å². The maximum atomic E-state index is 13.3. The molecule has 0 aliphatic rings. The summed E-state index contributed by atoms with van der Waals surface area (Å²) in [6.07, 6.45) is 0.493. The van der Waals surface area contributed by atoms with Crippen molar-refractivity contribution in [2.75, 3.05) is 18.2 Å². The van der Waals surface area contributed by atoms with Gasteiger partial charge in [0.1, 0.15) is 13.4 Å². The first-order valence-electron chi connectivity index (χ1n) is 7.81. The van der Waals surface area contributed by atoms with Crippen LogP contribution in [-0.4, -0.2) is 42.3 Å². The number of rotatable bonds is 7. The van der Waals surface area contributed by atoms with E-state index in [2.05, 4.69) is 15.0 Å². The van der Waals surface area contributed by atoms with Crippen molar-refractivity contribution >= 4 is 27.9 Å². The number of nitrogens with two attached hydrogens (primary N) is 1. The van der Waals surface area contributed by atoms with Crippen LogP contribution in [0.5, 0.6) is 0 Å². The molecule has 8 nitrogen and oxygen atoms in total. The second-order valence-corrected chi connectivity index (χ2v) is 7.23. The van der Waals surface area contributed by atoms with Gasteiger partial charge in [-0.1, -0.05) is 17.7 Å². The predicted molar refractivity (Wildman–Crippen MR) is 95.9 cm³/mol. The van der Waals surface area contributed by atoms with Gasteiger partial charge in [-0.25, -0.2) is 9.37 Å². The van der Waals surface area contributed by atoms with Gasteiger partial charge in [0.05, 0.1) is 29.0 Å². The van der Waals surface area contributed by atoms with E-state index in [4.69, 9.17) is 10.5 Å². The number of benzene rings is 1. The van der Waals surface area contributed by atoms with Crippen molar-refractivity contribution in [2.24, 2.45) is 0 Å². The van der Waals surface area contributed by atoms with Gasteiger partial charge in [-0.15, -0.1) is 0 Å². The molecule has 2 unspecified atom stereocenters. The number of hydrogen-bond acceptors (Lipinski definition) is 6. The molecule has 2 atom stereocenters. The van der Waals surface area contributed by atoms with E-state index in [1.54, 1.807) is 12.1 Å². The maximum Gasteiger partial charge on any atom is 0.280 e. The fourth-order valence-electron chi connectivity index (χ4n) is 2.34. The summed E-state index contributed by atoms with van der Waals surface area (Å²) in [5.41, 5.74) is 6.47. The summed E-state index contributed by atoms with van der Waals surface area (Å²) in [6.45, 7) is 1.05. The Hall–Kier alpha value is -2.59. The highest BCUT2D eigenvalue weighted by atomic mass is 32.2. The van der Waals surface area contributed by atoms with Gasteiger partial charge in [-0.2, -0.15) is 4.98 Å². The van der Waals surface area contributed by atoms with Crippen LogP contribution in [0.25, 0.3) is 11.2 Å². The number of alkyl halides is 1. The number of hydrogen-bond donors (Lipinski definition) is 2. The Balaban J connectivity index is 1.68. The molecule has 2 heterocycles. The average Bonchev–Trinajstić information content (AvgIpc) is 3.02. The van der Waals surface area contributed by atoms with E-state index < -0.39 is 29.1 Å².